The lowest BCUT2D eigenvalue weighted by atomic mass is 10.1. The molecule has 180 valence electrons. The van der Waals surface area contributed by atoms with Crippen LogP contribution in [0.5, 0.6) is 0 Å². The van der Waals surface area contributed by atoms with Gasteiger partial charge < -0.3 is 9.64 Å². The molecule has 0 fully saturated rings. The summed E-state index contributed by atoms with van der Waals surface area (Å²) in [6.07, 6.45) is 2.09. The van der Waals surface area contributed by atoms with Gasteiger partial charge in [0.15, 0.2) is 0 Å². The first-order valence-corrected chi connectivity index (χ1v) is 11.3. The van der Waals surface area contributed by atoms with E-state index in [1.54, 1.807) is 36.9 Å². The van der Waals surface area contributed by atoms with E-state index in [0.29, 0.717) is 36.5 Å². The van der Waals surface area contributed by atoms with Crippen LogP contribution in [0.2, 0.25) is 0 Å². The molecule has 0 unspecified atom stereocenters. The number of hydrogen-bond donors (Lipinski definition) is 1. The summed E-state index contributed by atoms with van der Waals surface area (Å²) in [4.78, 5) is 31.6. The summed E-state index contributed by atoms with van der Waals surface area (Å²) in [6.45, 7) is 6.09. The number of rotatable bonds is 10. The predicted octanol–water partition coefficient (Wildman–Crippen LogP) is 4.45. The van der Waals surface area contributed by atoms with Crippen molar-refractivity contribution in [1.82, 2.24) is 14.5 Å². The minimum absolute atomic E-state index is 0.115. The van der Waals surface area contributed by atoms with Crippen LogP contribution in [0, 0.1) is 18.7 Å². The summed E-state index contributed by atoms with van der Waals surface area (Å²) in [5.74, 6) is -0.447. The fraction of sp³-hybridized carbons (Fsp3) is 0.346. The number of carbonyl (C=O) groups excluding carboxylic acids is 2. The molecule has 8 heteroatoms. The topological polar surface area (TPSA) is 76.5 Å². The SMILES string of the molecule is COCCN(CC(=O)Nc1nc(-c2ccccc2)cn1-c1ccc(C)c(F)c1)C(=O)CC(C)C. The van der Waals surface area contributed by atoms with Crippen LogP contribution in [0.15, 0.2) is 54.7 Å². The molecule has 2 amide bonds. The van der Waals surface area contributed by atoms with Gasteiger partial charge >= 0.3 is 0 Å². The number of carbonyl (C=O) groups is 2. The summed E-state index contributed by atoms with van der Waals surface area (Å²) < 4.78 is 21.0. The maximum Gasteiger partial charge on any atom is 0.246 e. The Morgan fingerprint density at radius 3 is 2.56 bits per heavy atom. The molecule has 7 nitrogen and oxygen atoms in total. The number of nitrogens with one attached hydrogen (secondary N) is 1. The van der Waals surface area contributed by atoms with Crippen LogP contribution in [0.4, 0.5) is 10.3 Å². The molecule has 0 aliphatic carbocycles. The summed E-state index contributed by atoms with van der Waals surface area (Å²) >= 11 is 0. The highest BCUT2D eigenvalue weighted by molar-refractivity contribution is 5.94. The molecular weight excluding hydrogens is 435 g/mol. The smallest absolute Gasteiger partial charge is 0.246 e. The molecule has 3 rings (SSSR count). The van der Waals surface area contributed by atoms with Crippen LogP contribution < -0.4 is 5.32 Å². The van der Waals surface area contributed by atoms with E-state index in [1.807, 2.05) is 44.2 Å². The van der Waals surface area contributed by atoms with E-state index < -0.39 is 5.91 Å². The van der Waals surface area contributed by atoms with Gasteiger partial charge in [0.1, 0.15) is 12.4 Å². The van der Waals surface area contributed by atoms with Gasteiger partial charge in [0.05, 0.1) is 18.0 Å². The maximum atomic E-state index is 14.3. The quantitative estimate of drug-likeness (QED) is 0.479. The normalized spacial score (nSPS) is 11.0. The molecular formula is C26H31FN4O3. The Kier molecular flexibility index (Phi) is 8.54. The second-order valence-corrected chi connectivity index (χ2v) is 8.57. The van der Waals surface area contributed by atoms with E-state index in [1.165, 1.54) is 11.0 Å². The average molecular weight is 467 g/mol. The number of amides is 2. The highest BCUT2D eigenvalue weighted by atomic mass is 19.1. The van der Waals surface area contributed by atoms with Gasteiger partial charge in [0.2, 0.25) is 17.8 Å². The molecule has 0 bridgehead atoms. The number of methoxy groups -OCH3 is 1. The van der Waals surface area contributed by atoms with Crippen LogP contribution in [-0.2, 0) is 14.3 Å². The Morgan fingerprint density at radius 1 is 1.18 bits per heavy atom. The van der Waals surface area contributed by atoms with Crippen LogP contribution in [-0.4, -0.2) is 53.1 Å². The number of ether oxygens (including phenoxy) is 1. The second-order valence-electron chi connectivity index (χ2n) is 8.57. The molecule has 0 atom stereocenters. The Labute approximate surface area is 199 Å². The van der Waals surface area contributed by atoms with Crippen molar-refractivity contribution < 1.29 is 18.7 Å². The lowest BCUT2D eigenvalue weighted by Crippen LogP contribution is -2.40. The van der Waals surface area contributed by atoms with E-state index in [0.717, 1.165) is 5.56 Å². The van der Waals surface area contributed by atoms with E-state index in [2.05, 4.69) is 10.3 Å². The molecule has 1 aromatic heterocycles. The lowest BCUT2D eigenvalue weighted by Gasteiger charge is -2.22. The third kappa shape index (κ3) is 6.51. The highest BCUT2D eigenvalue weighted by Crippen LogP contribution is 2.25. The predicted molar refractivity (Wildman–Crippen MR) is 130 cm³/mol. The fourth-order valence-electron chi connectivity index (χ4n) is 3.45. The summed E-state index contributed by atoms with van der Waals surface area (Å²) in [5.41, 5.74) is 2.54. The van der Waals surface area contributed by atoms with E-state index >= 15 is 0 Å². The van der Waals surface area contributed by atoms with Gasteiger partial charge in [0.25, 0.3) is 0 Å². The standard InChI is InChI=1S/C26H31FN4O3/c1-18(2)14-25(33)30(12-13-34-4)17-24(32)29-26-28-23(20-8-6-5-7-9-20)16-31(26)21-11-10-19(3)22(27)15-21/h5-11,15-16,18H,12-14,17H2,1-4H3,(H,28,29,32). The Balaban J connectivity index is 1.89. The summed E-state index contributed by atoms with van der Waals surface area (Å²) in [6, 6.07) is 14.4. The first kappa shape index (κ1) is 25.1. The number of imidazole rings is 1. The van der Waals surface area contributed by atoms with Crippen LogP contribution in [0.3, 0.4) is 0 Å². The zero-order chi connectivity index (χ0) is 24.7. The van der Waals surface area contributed by atoms with Gasteiger partial charge in [-0.15, -0.1) is 0 Å². The number of hydrogen-bond acceptors (Lipinski definition) is 4. The zero-order valence-electron chi connectivity index (χ0n) is 20.0. The number of aromatic nitrogens is 2. The van der Waals surface area contributed by atoms with Gasteiger partial charge in [-0.1, -0.05) is 50.2 Å². The molecule has 1 heterocycles. The van der Waals surface area contributed by atoms with Crippen molar-refractivity contribution in [1.29, 1.82) is 0 Å². The third-order valence-corrected chi connectivity index (χ3v) is 5.30. The number of anilines is 1. The number of halogens is 1. The van der Waals surface area contributed by atoms with Crippen molar-refractivity contribution in [3.8, 4) is 16.9 Å². The summed E-state index contributed by atoms with van der Waals surface area (Å²) in [5, 5.41) is 2.80. The monoisotopic (exact) mass is 466 g/mol. The largest absolute Gasteiger partial charge is 0.383 e. The molecule has 1 N–H and O–H groups in total. The van der Waals surface area contributed by atoms with Crippen molar-refractivity contribution in [2.75, 3.05) is 32.1 Å². The van der Waals surface area contributed by atoms with Gasteiger partial charge in [-0.25, -0.2) is 9.37 Å². The first-order valence-electron chi connectivity index (χ1n) is 11.3. The van der Waals surface area contributed by atoms with Crippen LogP contribution in [0.1, 0.15) is 25.8 Å². The Morgan fingerprint density at radius 2 is 1.91 bits per heavy atom. The second kappa shape index (κ2) is 11.6. The van der Waals surface area contributed by atoms with E-state index in [9.17, 15) is 14.0 Å². The lowest BCUT2D eigenvalue weighted by molar-refractivity contribution is -0.136. The molecule has 0 aliphatic heterocycles. The minimum atomic E-state index is -0.396. The molecule has 3 aromatic rings. The van der Waals surface area contributed by atoms with Gasteiger partial charge in [-0.3, -0.25) is 19.5 Å². The minimum Gasteiger partial charge on any atom is -0.383 e. The molecule has 0 saturated heterocycles. The van der Waals surface area contributed by atoms with Crippen molar-refractivity contribution >= 4 is 17.8 Å². The van der Waals surface area contributed by atoms with Gasteiger partial charge in [0, 0.05) is 31.8 Å². The molecule has 0 radical (unpaired) electrons. The van der Waals surface area contributed by atoms with E-state index in [4.69, 9.17) is 4.74 Å². The van der Waals surface area contributed by atoms with Gasteiger partial charge in [-0.05, 0) is 30.5 Å². The third-order valence-electron chi connectivity index (χ3n) is 5.30. The summed E-state index contributed by atoms with van der Waals surface area (Å²) in [7, 11) is 1.55. The molecule has 0 spiro atoms. The average Bonchev–Trinajstić information content (AvgIpc) is 3.22. The van der Waals surface area contributed by atoms with Crippen molar-refractivity contribution in [2.45, 2.75) is 27.2 Å². The zero-order valence-corrected chi connectivity index (χ0v) is 20.0. The fourth-order valence-corrected chi connectivity index (χ4v) is 3.45. The van der Waals surface area contributed by atoms with Gasteiger partial charge in [-0.2, -0.15) is 0 Å². The Bertz CT molecular complexity index is 1130. The molecule has 2 aromatic carbocycles. The molecule has 0 aliphatic rings. The van der Waals surface area contributed by atoms with Crippen molar-refractivity contribution in [3.63, 3.8) is 0 Å². The highest BCUT2D eigenvalue weighted by Gasteiger charge is 2.20. The van der Waals surface area contributed by atoms with Crippen molar-refractivity contribution in [2.24, 2.45) is 5.92 Å². The first-order chi connectivity index (χ1) is 16.3. The maximum absolute atomic E-state index is 14.3. The number of nitrogens with zero attached hydrogens (tertiary/aromatic N) is 3. The molecule has 34 heavy (non-hydrogen) atoms. The van der Waals surface area contributed by atoms with E-state index in [-0.39, 0.29) is 30.1 Å². The van der Waals surface area contributed by atoms with Crippen LogP contribution in [0.25, 0.3) is 16.9 Å². The Hall–Kier alpha value is -3.52. The number of benzene rings is 2. The van der Waals surface area contributed by atoms with Crippen LogP contribution >= 0.6 is 0 Å². The van der Waals surface area contributed by atoms with Crippen molar-refractivity contribution in [3.05, 3.63) is 66.1 Å². The number of aryl methyl sites for hydroxylation is 1. The molecule has 0 saturated carbocycles.